The van der Waals surface area contributed by atoms with Gasteiger partial charge in [-0.3, -0.25) is 10.2 Å². The SMILES string of the molecule is COC(=O)c1ccc(C)cc1SC(=O)NN(C)C. The van der Waals surface area contributed by atoms with E-state index >= 15 is 0 Å². The van der Waals surface area contributed by atoms with Gasteiger partial charge in [0.25, 0.3) is 5.24 Å². The molecule has 0 aliphatic carbocycles. The molecule has 1 amide bonds. The van der Waals surface area contributed by atoms with Gasteiger partial charge in [0.05, 0.1) is 12.7 Å². The number of nitrogens with zero attached hydrogens (tertiary/aromatic N) is 1. The molecule has 0 heterocycles. The van der Waals surface area contributed by atoms with E-state index in [0.29, 0.717) is 10.5 Å². The molecule has 18 heavy (non-hydrogen) atoms. The summed E-state index contributed by atoms with van der Waals surface area (Å²) in [5.41, 5.74) is 3.97. The van der Waals surface area contributed by atoms with Gasteiger partial charge in [0.2, 0.25) is 0 Å². The van der Waals surface area contributed by atoms with E-state index in [2.05, 4.69) is 10.2 Å². The molecule has 0 saturated carbocycles. The molecule has 0 fully saturated rings. The number of hydrazine groups is 1. The molecule has 1 N–H and O–H groups in total. The fourth-order valence-corrected chi connectivity index (χ4v) is 2.23. The largest absolute Gasteiger partial charge is 0.465 e. The maximum atomic E-state index is 11.7. The first-order chi connectivity index (χ1) is 8.43. The minimum Gasteiger partial charge on any atom is -0.465 e. The van der Waals surface area contributed by atoms with Crippen molar-refractivity contribution < 1.29 is 14.3 Å². The van der Waals surface area contributed by atoms with Gasteiger partial charge in [-0.2, -0.15) is 0 Å². The Balaban J connectivity index is 2.95. The molecule has 1 rings (SSSR count). The Labute approximate surface area is 110 Å². The van der Waals surface area contributed by atoms with E-state index in [1.165, 1.54) is 7.11 Å². The number of benzene rings is 1. The second-order valence-electron chi connectivity index (χ2n) is 3.89. The maximum Gasteiger partial charge on any atom is 0.339 e. The van der Waals surface area contributed by atoms with Crippen LogP contribution in [-0.4, -0.2) is 37.4 Å². The van der Waals surface area contributed by atoms with Crippen molar-refractivity contribution in [1.82, 2.24) is 10.4 Å². The van der Waals surface area contributed by atoms with Crippen LogP contribution in [0.4, 0.5) is 4.79 Å². The van der Waals surface area contributed by atoms with Crippen LogP contribution in [0.15, 0.2) is 23.1 Å². The van der Waals surface area contributed by atoms with Gasteiger partial charge in [-0.25, -0.2) is 9.80 Å². The standard InChI is InChI=1S/C12H16N2O3S/c1-8-5-6-9(11(15)17-4)10(7-8)18-12(16)13-14(2)3/h5-7H,1-4H3,(H,13,16). The zero-order valence-electron chi connectivity index (χ0n) is 10.8. The summed E-state index contributed by atoms with van der Waals surface area (Å²) in [7, 11) is 4.75. The summed E-state index contributed by atoms with van der Waals surface area (Å²) in [6, 6.07) is 5.25. The third-order valence-corrected chi connectivity index (χ3v) is 2.89. The molecule has 0 bridgehead atoms. The lowest BCUT2D eigenvalue weighted by Crippen LogP contribution is -2.33. The van der Waals surface area contributed by atoms with Crippen molar-refractivity contribution in [2.24, 2.45) is 0 Å². The quantitative estimate of drug-likeness (QED) is 0.516. The molecule has 0 saturated heterocycles. The van der Waals surface area contributed by atoms with E-state index < -0.39 is 5.97 Å². The normalized spacial score (nSPS) is 10.3. The molecule has 0 aromatic heterocycles. The average Bonchev–Trinajstić information content (AvgIpc) is 2.27. The van der Waals surface area contributed by atoms with E-state index in [9.17, 15) is 9.59 Å². The number of thioether (sulfide) groups is 1. The number of methoxy groups -OCH3 is 1. The third-order valence-electron chi connectivity index (χ3n) is 2.06. The summed E-state index contributed by atoms with van der Waals surface area (Å²) in [5.74, 6) is -0.449. The highest BCUT2D eigenvalue weighted by Gasteiger charge is 2.15. The van der Waals surface area contributed by atoms with Crippen molar-refractivity contribution in [2.75, 3.05) is 21.2 Å². The Morgan fingerprint density at radius 2 is 2.00 bits per heavy atom. The Morgan fingerprint density at radius 3 is 2.56 bits per heavy atom. The number of esters is 1. The van der Waals surface area contributed by atoms with Crippen LogP contribution in [0.3, 0.4) is 0 Å². The number of carbonyl (C=O) groups excluding carboxylic acids is 2. The van der Waals surface area contributed by atoms with Gasteiger partial charge in [0.15, 0.2) is 0 Å². The van der Waals surface area contributed by atoms with Gasteiger partial charge in [0.1, 0.15) is 0 Å². The van der Waals surface area contributed by atoms with Crippen molar-refractivity contribution >= 4 is 23.0 Å². The van der Waals surface area contributed by atoms with Gasteiger partial charge < -0.3 is 4.74 Å². The summed E-state index contributed by atoms with van der Waals surface area (Å²) in [4.78, 5) is 23.8. The van der Waals surface area contributed by atoms with Crippen molar-refractivity contribution in [3.05, 3.63) is 29.3 Å². The van der Waals surface area contributed by atoms with Crippen LogP contribution in [0.25, 0.3) is 0 Å². The second-order valence-corrected chi connectivity index (χ2v) is 4.90. The molecule has 0 radical (unpaired) electrons. The molecule has 98 valence electrons. The minimum atomic E-state index is -0.449. The Hall–Kier alpha value is -1.53. The highest BCUT2D eigenvalue weighted by atomic mass is 32.2. The number of carbonyl (C=O) groups is 2. The summed E-state index contributed by atoms with van der Waals surface area (Å²) < 4.78 is 4.69. The number of aryl methyl sites for hydroxylation is 1. The van der Waals surface area contributed by atoms with Crippen LogP contribution in [0, 0.1) is 6.92 Å². The van der Waals surface area contributed by atoms with Crippen molar-refractivity contribution in [3.8, 4) is 0 Å². The first kappa shape index (κ1) is 14.5. The molecule has 0 atom stereocenters. The molecule has 0 unspecified atom stereocenters. The summed E-state index contributed by atoms with van der Waals surface area (Å²) in [6.07, 6.45) is 0. The number of nitrogens with one attached hydrogen (secondary N) is 1. The molecule has 1 aromatic carbocycles. The Morgan fingerprint density at radius 1 is 1.33 bits per heavy atom. The van der Waals surface area contributed by atoms with Gasteiger partial charge in [-0.1, -0.05) is 6.07 Å². The van der Waals surface area contributed by atoms with Crippen LogP contribution in [0.1, 0.15) is 15.9 Å². The molecule has 5 nitrogen and oxygen atoms in total. The highest BCUT2D eigenvalue weighted by Crippen LogP contribution is 2.25. The van der Waals surface area contributed by atoms with E-state index in [0.717, 1.165) is 17.3 Å². The summed E-state index contributed by atoms with van der Waals surface area (Å²) in [6.45, 7) is 1.90. The van der Waals surface area contributed by atoms with Crippen LogP contribution in [-0.2, 0) is 4.74 Å². The number of ether oxygens (including phenoxy) is 1. The number of amides is 1. The topological polar surface area (TPSA) is 58.6 Å². The number of rotatable bonds is 3. The zero-order chi connectivity index (χ0) is 13.7. The molecule has 0 aliphatic rings. The number of hydrogen-bond donors (Lipinski definition) is 1. The first-order valence-corrected chi connectivity index (χ1v) is 6.10. The summed E-state index contributed by atoms with van der Waals surface area (Å²) in [5, 5.41) is 1.29. The van der Waals surface area contributed by atoms with Crippen molar-refractivity contribution in [3.63, 3.8) is 0 Å². The predicted octanol–water partition coefficient (Wildman–Crippen LogP) is 2.06. The van der Waals surface area contributed by atoms with Gasteiger partial charge in [-0.15, -0.1) is 0 Å². The second kappa shape index (κ2) is 6.42. The molecule has 6 heteroatoms. The highest BCUT2D eigenvalue weighted by molar-refractivity contribution is 8.13. The smallest absolute Gasteiger partial charge is 0.339 e. The summed E-state index contributed by atoms with van der Waals surface area (Å²) >= 11 is 0.964. The average molecular weight is 268 g/mol. The lowest BCUT2D eigenvalue weighted by atomic mass is 10.1. The number of hydrogen-bond acceptors (Lipinski definition) is 5. The van der Waals surface area contributed by atoms with Crippen LogP contribution >= 0.6 is 11.8 Å². The molecular weight excluding hydrogens is 252 g/mol. The van der Waals surface area contributed by atoms with E-state index in [1.807, 2.05) is 6.92 Å². The van der Waals surface area contributed by atoms with Crippen molar-refractivity contribution in [2.45, 2.75) is 11.8 Å². The minimum absolute atomic E-state index is 0.254. The predicted molar refractivity (Wildman–Crippen MR) is 70.6 cm³/mol. The van der Waals surface area contributed by atoms with Gasteiger partial charge >= 0.3 is 5.97 Å². The molecule has 0 aliphatic heterocycles. The Bertz CT molecular complexity index is 461. The lowest BCUT2D eigenvalue weighted by molar-refractivity contribution is 0.0597. The fourth-order valence-electron chi connectivity index (χ4n) is 1.30. The molecule has 0 spiro atoms. The lowest BCUT2D eigenvalue weighted by Gasteiger charge is -2.12. The van der Waals surface area contributed by atoms with E-state index in [-0.39, 0.29) is 5.24 Å². The van der Waals surface area contributed by atoms with E-state index in [4.69, 9.17) is 0 Å². The van der Waals surface area contributed by atoms with Gasteiger partial charge in [-0.05, 0) is 36.4 Å². The molecular formula is C12H16N2O3S. The van der Waals surface area contributed by atoms with Crippen LogP contribution in [0.5, 0.6) is 0 Å². The first-order valence-electron chi connectivity index (χ1n) is 5.28. The maximum absolute atomic E-state index is 11.7. The zero-order valence-corrected chi connectivity index (χ0v) is 11.6. The van der Waals surface area contributed by atoms with E-state index in [1.54, 1.807) is 37.3 Å². The van der Waals surface area contributed by atoms with Crippen molar-refractivity contribution in [1.29, 1.82) is 0 Å². The fraction of sp³-hybridized carbons (Fsp3) is 0.333. The Kier molecular flexibility index (Phi) is 5.18. The monoisotopic (exact) mass is 268 g/mol. The van der Waals surface area contributed by atoms with Crippen LogP contribution in [0.2, 0.25) is 0 Å². The third kappa shape index (κ3) is 4.05. The van der Waals surface area contributed by atoms with Gasteiger partial charge in [0, 0.05) is 19.0 Å². The van der Waals surface area contributed by atoms with Crippen LogP contribution < -0.4 is 5.43 Å². The molecule has 1 aromatic rings.